The number of amides is 1. The van der Waals surface area contributed by atoms with Gasteiger partial charge in [-0.25, -0.2) is 5.43 Å². The molecule has 0 fully saturated rings. The lowest BCUT2D eigenvalue weighted by molar-refractivity contribution is 0.0954. The molecule has 0 heterocycles. The molecule has 32 heavy (non-hydrogen) atoms. The van der Waals surface area contributed by atoms with Crippen LogP contribution in [-0.2, 0) is 6.61 Å². The highest BCUT2D eigenvalue weighted by atomic mass is 79.9. The third-order valence-electron chi connectivity index (χ3n) is 4.47. The first kappa shape index (κ1) is 22.8. The van der Waals surface area contributed by atoms with E-state index in [-0.39, 0.29) is 6.61 Å². The summed E-state index contributed by atoms with van der Waals surface area (Å²) in [5.41, 5.74) is 4.99. The lowest BCUT2D eigenvalue weighted by Crippen LogP contribution is -2.17. The third kappa shape index (κ3) is 5.86. The summed E-state index contributed by atoms with van der Waals surface area (Å²) < 4.78 is 16.9. The Kier molecular flexibility index (Phi) is 7.84. The van der Waals surface area contributed by atoms with Crippen LogP contribution >= 0.6 is 15.9 Å². The van der Waals surface area contributed by atoms with Gasteiger partial charge in [-0.15, -0.1) is 0 Å². The molecule has 3 rings (SSSR count). The number of benzene rings is 3. The van der Waals surface area contributed by atoms with Crippen LogP contribution in [0.5, 0.6) is 17.2 Å². The topological polar surface area (TPSA) is 92.9 Å². The van der Waals surface area contributed by atoms with Gasteiger partial charge in [0, 0.05) is 17.2 Å². The van der Waals surface area contributed by atoms with Gasteiger partial charge in [-0.1, -0.05) is 18.2 Å². The number of nitrogens with one attached hydrogen (secondary N) is 1. The number of rotatable bonds is 8. The van der Waals surface area contributed by atoms with E-state index in [1.807, 2.05) is 24.3 Å². The molecule has 0 spiro atoms. The van der Waals surface area contributed by atoms with Gasteiger partial charge in [-0.05, 0) is 57.9 Å². The molecule has 162 valence electrons. The van der Waals surface area contributed by atoms with Crippen LogP contribution in [0, 0.1) is 11.3 Å². The van der Waals surface area contributed by atoms with Crippen molar-refractivity contribution in [3.8, 4) is 23.3 Å². The van der Waals surface area contributed by atoms with Gasteiger partial charge in [0.25, 0.3) is 5.91 Å². The fourth-order valence-corrected chi connectivity index (χ4v) is 3.30. The summed E-state index contributed by atoms with van der Waals surface area (Å²) in [5.74, 6) is 1.25. The minimum Gasteiger partial charge on any atom is -0.497 e. The lowest BCUT2D eigenvalue weighted by Gasteiger charge is -2.10. The average molecular weight is 494 g/mol. The van der Waals surface area contributed by atoms with E-state index in [0.29, 0.717) is 28.4 Å². The number of hydrazone groups is 1. The van der Waals surface area contributed by atoms with E-state index in [0.717, 1.165) is 15.6 Å². The van der Waals surface area contributed by atoms with Crippen molar-refractivity contribution >= 4 is 28.1 Å². The van der Waals surface area contributed by atoms with Gasteiger partial charge < -0.3 is 14.2 Å². The zero-order valence-corrected chi connectivity index (χ0v) is 19.0. The largest absolute Gasteiger partial charge is 0.497 e. The van der Waals surface area contributed by atoms with Crippen molar-refractivity contribution in [3.05, 3.63) is 87.4 Å². The van der Waals surface area contributed by atoms with Crippen molar-refractivity contribution in [1.82, 2.24) is 5.43 Å². The van der Waals surface area contributed by atoms with E-state index < -0.39 is 5.91 Å². The zero-order valence-electron chi connectivity index (χ0n) is 17.5. The monoisotopic (exact) mass is 493 g/mol. The Labute approximate surface area is 194 Å². The van der Waals surface area contributed by atoms with Crippen molar-refractivity contribution < 1.29 is 19.0 Å². The van der Waals surface area contributed by atoms with Crippen LogP contribution in [0.3, 0.4) is 0 Å². The van der Waals surface area contributed by atoms with Crippen molar-refractivity contribution in [2.75, 3.05) is 14.2 Å². The molecule has 8 heteroatoms. The number of nitriles is 1. The maximum absolute atomic E-state index is 12.4. The summed E-state index contributed by atoms with van der Waals surface area (Å²) in [6, 6.07) is 19.7. The molecule has 1 amide bonds. The first-order valence-electron chi connectivity index (χ1n) is 9.51. The second-order valence-corrected chi connectivity index (χ2v) is 7.40. The minimum atomic E-state index is -0.395. The first-order chi connectivity index (χ1) is 15.5. The molecule has 0 aliphatic carbocycles. The van der Waals surface area contributed by atoms with Gasteiger partial charge in [0.15, 0.2) is 0 Å². The van der Waals surface area contributed by atoms with Gasteiger partial charge in [0.1, 0.15) is 23.9 Å². The van der Waals surface area contributed by atoms with Crippen molar-refractivity contribution in [2.24, 2.45) is 5.10 Å². The molecule has 0 bridgehead atoms. The van der Waals surface area contributed by atoms with Gasteiger partial charge in [-0.2, -0.15) is 10.4 Å². The maximum atomic E-state index is 12.4. The van der Waals surface area contributed by atoms with E-state index >= 15 is 0 Å². The molecule has 0 aliphatic heterocycles. The maximum Gasteiger partial charge on any atom is 0.271 e. The number of halogens is 1. The second kappa shape index (κ2) is 11.0. The standard InChI is InChI=1S/C24H20BrN3O4/c1-30-20-10-19(11-21(12-20)31-2)24(29)28-27-14-16-7-8-23(22(25)9-16)32-15-18-6-4-3-5-17(18)13-26/h3-12,14H,15H2,1-2H3,(H,28,29)/b27-14-. The highest BCUT2D eigenvalue weighted by molar-refractivity contribution is 9.10. The van der Waals surface area contributed by atoms with Crippen molar-refractivity contribution in [3.63, 3.8) is 0 Å². The van der Waals surface area contributed by atoms with E-state index in [1.54, 1.807) is 36.4 Å². The molecule has 0 unspecified atom stereocenters. The summed E-state index contributed by atoms with van der Waals surface area (Å²) >= 11 is 3.48. The van der Waals surface area contributed by atoms with Gasteiger partial charge in [-0.3, -0.25) is 4.79 Å². The van der Waals surface area contributed by atoms with Crippen LogP contribution < -0.4 is 19.6 Å². The highest BCUT2D eigenvalue weighted by Crippen LogP contribution is 2.27. The Bertz CT molecular complexity index is 1170. The highest BCUT2D eigenvalue weighted by Gasteiger charge is 2.09. The SMILES string of the molecule is COc1cc(OC)cc(C(=O)N/N=C\c2ccc(OCc3ccccc3C#N)c(Br)c2)c1. The normalized spacial score (nSPS) is 10.4. The fourth-order valence-electron chi connectivity index (χ4n) is 2.79. The van der Waals surface area contributed by atoms with Crippen LogP contribution in [0.4, 0.5) is 0 Å². The number of ether oxygens (including phenoxy) is 3. The Morgan fingerprint density at radius 2 is 1.81 bits per heavy atom. The number of carbonyl (C=O) groups excluding carboxylic acids is 1. The number of carbonyl (C=O) groups is 1. The van der Waals surface area contributed by atoms with Gasteiger partial charge in [0.05, 0.1) is 36.5 Å². The predicted octanol–water partition coefficient (Wildman–Crippen LogP) is 4.68. The third-order valence-corrected chi connectivity index (χ3v) is 5.09. The second-order valence-electron chi connectivity index (χ2n) is 6.55. The Morgan fingerprint density at radius 3 is 2.47 bits per heavy atom. The van der Waals surface area contributed by atoms with Crippen LogP contribution in [0.15, 0.2) is 70.2 Å². The van der Waals surface area contributed by atoms with Crippen molar-refractivity contribution in [1.29, 1.82) is 5.26 Å². The molecule has 7 nitrogen and oxygen atoms in total. The Morgan fingerprint density at radius 1 is 1.09 bits per heavy atom. The molecule has 0 aliphatic rings. The Hall–Kier alpha value is -3.83. The minimum absolute atomic E-state index is 0.274. The fraction of sp³-hybridized carbons (Fsp3) is 0.125. The molecule has 0 saturated heterocycles. The lowest BCUT2D eigenvalue weighted by atomic mass is 10.1. The quantitative estimate of drug-likeness (QED) is 0.363. The van der Waals surface area contributed by atoms with Crippen LogP contribution in [0.25, 0.3) is 0 Å². The van der Waals surface area contributed by atoms with Crippen LogP contribution in [-0.4, -0.2) is 26.3 Å². The summed E-state index contributed by atoms with van der Waals surface area (Å²) in [5, 5.41) is 13.2. The van der Waals surface area contributed by atoms with Gasteiger partial charge in [0.2, 0.25) is 0 Å². The number of methoxy groups -OCH3 is 2. The summed E-state index contributed by atoms with van der Waals surface area (Å²) in [4.78, 5) is 12.4. The van der Waals surface area contributed by atoms with E-state index in [1.165, 1.54) is 20.4 Å². The molecule has 0 atom stereocenters. The Balaban J connectivity index is 1.63. The molecular weight excluding hydrogens is 474 g/mol. The molecule has 3 aromatic carbocycles. The van der Waals surface area contributed by atoms with E-state index in [2.05, 4.69) is 32.5 Å². The average Bonchev–Trinajstić information content (AvgIpc) is 2.83. The molecule has 0 radical (unpaired) electrons. The van der Waals surface area contributed by atoms with Gasteiger partial charge >= 0.3 is 0 Å². The van der Waals surface area contributed by atoms with E-state index in [9.17, 15) is 10.1 Å². The molecular formula is C24H20BrN3O4. The molecule has 3 aromatic rings. The zero-order chi connectivity index (χ0) is 22.9. The van der Waals surface area contributed by atoms with Crippen LogP contribution in [0.2, 0.25) is 0 Å². The number of nitrogens with zero attached hydrogens (tertiary/aromatic N) is 2. The van der Waals surface area contributed by atoms with Crippen LogP contribution in [0.1, 0.15) is 27.0 Å². The molecule has 1 N–H and O–H groups in total. The smallest absolute Gasteiger partial charge is 0.271 e. The summed E-state index contributed by atoms with van der Waals surface area (Å²) in [7, 11) is 3.03. The van der Waals surface area contributed by atoms with E-state index in [4.69, 9.17) is 14.2 Å². The summed E-state index contributed by atoms with van der Waals surface area (Å²) in [6.07, 6.45) is 1.52. The molecule has 0 saturated carbocycles. The molecule has 0 aromatic heterocycles. The first-order valence-corrected chi connectivity index (χ1v) is 10.3. The summed E-state index contributed by atoms with van der Waals surface area (Å²) in [6.45, 7) is 0.274. The van der Waals surface area contributed by atoms with Crippen molar-refractivity contribution in [2.45, 2.75) is 6.61 Å². The number of hydrogen-bond acceptors (Lipinski definition) is 6. The predicted molar refractivity (Wildman–Crippen MR) is 124 cm³/mol. The number of hydrogen-bond donors (Lipinski definition) is 1.